The molecule has 0 amide bonds. The Hall–Kier alpha value is 18.0. The van der Waals surface area contributed by atoms with Crippen molar-refractivity contribution in [3.63, 3.8) is 0 Å². The van der Waals surface area contributed by atoms with Crippen molar-refractivity contribution in [3.8, 4) is 0 Å². The van der Waals surface area contributed by atoms with Crippen LogP contribution in [-0.2, 0) is 411 Å². The predicted octanol–water partition coefficient (Wildman–Crippen LogP) is -36.5. The summed E-state index contributed by atoms with van der Waals surface area (Å²) in [7, 11) is 0. The largest absolute Gasteiger partial charge is 2.00 e. The van der Waals surface area contributed by atoms with Crippen LogP contribution in [0.1, 0.15) is 0 Å². The summed E-state index contributed by atoms with van der Waals surface area (Å²) in [6.07, 6.45) is 0. The second kappa shape index (κ2) is 155. The zero-order valence-corrected chi connectivity index (χ0v) is 82.3. The Balaban J connectivity index is -0.0000000129. The van der Waals surface area contributed by atoms with Crippen LogP contribution in [0.5, 0.6) is 0 Å². The van der Waals surface area contributed by atoms with E-state index in [9.17, 15) is 0 Å². The first-order valence-electron chi connectivity index (χ1n) is 8.57. The van der Waals surface area contributed by atoms with Crippen LogP contribution in [0.3, 0.4) is 0 Å². The average molecular weight is 2490 g/mol. The Bertz CT molecular complexity index is 765. The molecule has 66 heteroatoms. The van der Waals surface area contributed by atoms with E-state index in [1.54, 1.807) is 0 Å². The van der Waals surface area contributed by atoms with Crippen LogP contribution in [0.15, 0.2) is 0 Å². The van der Waals surface area contributed by atoms with Gasteiger partial charge < -0.3 is 0 Å². The van der Waals surface area contributed by atoms with Crippen molar-refractivity contribution in [2.24, 2.45) is 0 Å². The summed E-state index contributed by atoms with van der Waals surface area (Å²) in [5, 5.41) is 0. The molecule has 348 valence electrons. The van der Waals surface area contributed by atoms with E-state index in [-0.39, 0.29) is 327 Å². The molecule has 0 aliphatic rings. The third kappa shape index (κ3) is 1670. The summed E-state index contributed by atoms with van der Waals surface area (Å²) in [6, 6.07) is 0. The molecule has 0 saturated heterocycles. The third-order valence-corrected chi connectivity index (χ3v) is 0. The van der Waals surface area contributed by atoms with E-state index in [2.05, 4.69) is 0 Å². The van der Waals surface area contributed by atoms with Crippen molar-refractivity contribution in [3.05, 3.63) is 0 Å². The van der Waals surface area contributed by atoms with E-state index in [4.69, 9.17) is 139 Å². The molecule has 0 fully saturated rings. The molecule has 0 aromatic heterocycles. The van der Waals surface area contributed by atoms with Crippen LogP contribution >= 0.6 is 0 Å². The minimum Gasteiger partial charge on any atom is 2.00 e. The van der Waals surface area contributed by atoms with Gasteiger partial charge in [-0.1, -0.05) is 0 Å². The zero-order valence-electron chi connectivity index (χ0n) is 29.6. The maximum atomic E-state index is 8.61. The first-order valence-corrected chi connectivity index (χ1v) is 43.0. The van der Waals surface area contributed by atoms with Gasteiger partial charge in [0.2, 0.25) is 0 Å². The van der Waals surface area contributed by atoms with E-state index in [0.717, 1.165) is 0 Å². The molecule has 4 radical (unpaired) electrons. The van der Waals surface area contributed by atoms with Gasteiger partial charge in [0.05, 0.1) is 0 Å². The second-order valence-corrected chi connectivity index (χ2v) is 17.6. The van der Waals surface area contributed by atoms with Gasteiger partial charge in [0.15, 0.2) is 0 Å². The van der Waals surface area contributed by atoms with Crippen molar-refractivity contribution < 1.29 is 588 Å². The van der Waals surface area contributed by atoms with Crippen LogP contribution in [0, 0.1) is 81.7 Å². The van der Waals surface area contributed by atoms with E-state index in [1.165, 1.54) is 0 Å². The smallest absolute Gasteiger partial charge is 2.00 e. The van der Waals surface area contributed by atoms with Crippen molar-refractivity contribution in [2.75, 3.05) is 0 Å². The maximum Gasteiger partial charge on any atom is 2.00 e. The molecule has 0 aliphatic carbocycles. The standard InChI is InChI=1S/2Ca.2Mn.2Nb.2Nd.42O.2Sr.7Ti.7Zr/q4*+2;2*+5;2*+3;;;;;;;;;;;;;;;28*-1;2*+2;;;;;;;;;;;;;;. The molecule has 66 heavy (non-hydrogen) atoms. The topological polar surface area (TPSA) is 885 Å². The Kier molecular flexibility index (Phi) is 377. The molecule has 0 N–H and O–H groups in total. The van der Waals surface area contributed by atoms with E-state index in [1.807, 2.05) is 0 Å². The quantitative estimate of drug-likeness (QED) is 0.203. The summed E-state index contributed by atoms with van der Waals surface area (Å²) >= 11 is -58.6. The van der Waals surface area contributed by atoms with Crippen molar-refractivity contribution in [1.82, 2.24) is 0 Å². The number of rotatable bonds is 0. The molecule has 42 nitrogen and oxygen atoms in total. The summed E-state index contributed by atoms with van der Waals surface area (Å²) in [5.74, 6) is 0. The Morgan fingerprint density at radius 1 is 0.227 bits per heavy atom. The minimum atomic E-state index is -4.29. The Morgan fingerprint density at radius 2 is 0.227 bits per heavy atom. The normalized spacial score (nSPS) is 5.52. The second-order valence-electron chi connectivity index (χ2n) is 3.50. The van der Waals surface area contributed by atoms with Gasteiger partial charge >= 0.3 is 755 Å². The van der Waals surface area contributed by atoms with Gasteiger partial charge in [-0.3, -0.25) is 0 Å². The number of hydrogen-bond acceptors (Lipinski definition) is 42. The van der Waals surface area contributed by atoms with Crippen LogP contribution in [0.25, 0.3) is 0 Å². The van der Waals surface area contributed by atoms with Gasteiger partial charge in [-0.25, -0.2) is 0 Å². The monoisotopic (exact) mass is 2470 g/mol. The minimum absolute atomic E-state index is 0. The van der Waals surface area contributed by atoms with Crippen LogP contribution in [0.2, 0.25) is 0 Å². The van der Waals surface area contributed by atoms with E-state index in [0.29, 0.717) is 0 Å². The third-order valence-electron chi connectivity index (χ3n) is 0. The summed E-state index contributed by atoms with van der Waals surface area (Å²) in [4.78, 5) is 0. The molecule has 0 saturated carbocycles. The fraction of sp³-hybridized carbons (Fsp3) is 0. The fourth-order valence-electron chi connectivity index (χ4n) is 0. The molecule has 0 aliphatic heterocycles. The van der Waals surface area contributed by atoms with Crippen LogP contribution in [0.4, 0.5) is 0 Å². The summed E-state index contributed by atoms with van der Waals surface area (Å²) in [6.45, 7) is 0. The van der Waals surface area contributed by atoms with Crippen molar-refractivity contribution in [2.45, 2.75) is 0 Å². The summed E-state index contributed by atoms with van der Waals surface area (Å²) < 4.78 is 361. The van der Waals surface area contributed by atoms with Crippen LogP contribution in [-0.4, -0.2) is 166 Å². The Labute approximate surface area is 731 Å². The molecule has 0 unspecified atom stereocenters. The predicted molar refractivity (Wildman–Crippen MR) is 32.6 cm³/mol. The molecule has 0 rings (SSSR count). The van der Waals surface area contributed by atoms with E-state index >= 15 is 0 Å². The first kappa shape index (κ1) is 161. The van der Waals surface area contributed by atoms with Crippen molar-refractivity contribution in [1.29, 1.82) is 0 Å². The molecule has 0 aromatic carbocycles. The molecule has 0 atom stereocenters. The molecular weight excluding hydrogens is 2490 g/mol. The average Bonchev–Trinajstić information content (AvgIpc) is 2.73. The van der Waals surface area contributed by atoms with Gasteiger partial charge in [-0.15, -0.1) is 0 Å². The van der Waals surface area contributed by atoms with Gasteiger partial charge in [-0.2, -0.15) is 0 Å². The first-order chi connectivity index (χ1) is 24.2. The van der Waals surface area contributed by atoms with Crippen LogP contribution < -0.4 is 96.2 Å². The number of hydrogen-bond donors (Lipinski definition) is 0. The molecule has 0 heterocycles. The zero-order chi connectivity index (χ0) is 50.1. The summed E-state index contributed by atoms with van der Waals surface area (Å²) in [5.41, 5.74) is 0. The fourth-order valence-corrected chi connectivity index (χ4v) is 0. The Morgan fingerprint density at radius 3 is 0.227 bits per heavy atom. The van der Waals surface area contributed by atoms with Gasteiger partial charge in [0.1, 0.15) is 0 Å². The SMILES string of the molecule is [Ca+2].[Ca+2].[Mn+2].[Mn+2].[Nb+5].[Nb+5].[Nd+3].[Nd+3].[O]=[Ti]([O-])[O-].[O]=[Ti]([O-])[O-].[O]=[Ti]([O-])[O-].[O]=[Ti]([O-])[O-].[O]=[Ti]([O-])[O-].[O]=[Ti]([O-])[O-].[O]=[Ti]([O-])[O-].[O]=[Zr]([O-])[O-].[O]=[Zr]([O-])[O-].[O]=[Zr]([O-])[O-].[O]=[Zr]([O-])[O-].[O]=[Zr]([O-])[O-].[O]=[Zr]([O-])[O-].[O]=[Zr]([O-])[O-].[Sr+2].[Sr+2]. The van der Waals surface area contributed by atoms with Gasteiger partial charge in [0.25, 0.3) is 0 Å². The molecular formula is Ca2Mn2Nb2Nd2O42Sr2Ti7Zr7. The van der Waals surface area contributed by atoms with Crippen molar-refractivity contribution >= 4 is 166 Å². The molecule has 0 bridgehead atoms. The van der Waals surface area contributed by atoms with Gasteiger partial charge in [0, 0.05) is 0 Å². The molecule has 0 spiro atoms. The van der Waals surface area contributed by atoms with E-state index < -0.39 is 289 Å². The van der Waals surface area contributed by atoms with Gasteiger partial charge in [-0.05, 0) is 0 Å². The maximum absolute atomic E-state index is 8.61. The molecule has 0 aromatic rings.